The van der Waals surface area contributed by atoms with Crippen LogP contribution in [-0.4, -0.2) is 15.8 Å². The van der Waals surface area contributed by atoms with Gasteiger partial charge in [0.05, 0.1) is 6.20 Å². The van der Waals surface area contributed by atoms with Gasteiger partial charge in [0, 0.05) is 18.3 Å². The van der Waals surface area contributed by atoms with Gasteiger partial charge in [0.2, 0.25) is 0 Å². The van der Waals surface area contributed by atoms with Crippen LogP contribution in [0.1, 0.15) is 56.4 Å². The second-order valence-corrected chi connectivity index (χ2v) is 5.40. The third-order valence-electron chi connectivity index (χ3n) is 4.35. The largest absolute Gasteiger partial charge is 0.292 e. The summed E-state index contributed by atoms with van der Waals surface area (Å²) in [5, 5.41) is 0. The van der Waals surface area contributed by atoms with Gasteiger partial charge in [-0.25, -0.2) is 4.98 Å². The van der Waals surface area contributed by atoms with Gasteiger partial charge in [-0.1, -0.05) is 33.1 Å². The van der Waals surface area contributed by atoms with Crippen molar-refractivity contribution in [1.29, 1.82) is 0 Å². The van der Waals surface area contributed by atoms with Crippen molar-refractivity contribution in [3.63, 3.8) is 0 Å². The number of ketones is 1. The maximum atomic E-state index is 12.5. The quantitative estimate of drug-likeness (QED) is 0.763. The first-order valence-corrected chi connectivity index (χ1v) is 7.04. The molecule has 1 aliphatic rings. The maximum Gasteiger partial charge on any atom is 0.186 e. The van der Waals surface area contributed by atoms with Crippen LogP contribution in [0.5, 0.6) is 0 Å². The molecule has 3 atom stereocenters. The molecular weight excluding hydrogens is 224 g/mol. The number of nitrogens with zero attached hydrogens (tertiary/aromatic N) is 2. The lowest BCUT2D eigenvalue weighted by Crippen LogP contribution is -2.31. The lowest BCUT2D eigenvalue weighted by molar-refractivity contribution is 0.0757. The van der Waals surface area contributed by atoms with Crippen molar-refractivity contribution in [3.8, 4) is 0 Å². The van der Waals surface area contributed by atoms with Crippen LogP contribution in [0.3, 0.4) is 0 Å². The average molecular weight is 246 g/mol. The molecule has 0 aromatic carbocycles. The summed E-state index contributed by atoms with van der Waals surface area (Å²) >= 11 is 0. The molecule has 3 unspecified atom stereocenters. The Kier molecular flexibility index (Phi) is 4.45. The fourth-order valence-corrected chi connectivity index (χ4v) is 3.09. The molecule has 3 nitrogen and oxygen atoms in total. The first-order valence-electron chi connectivity index (χ1n) is 7.04. The Morgan fingerprint density at radius 2 is 2.17 bits per heavy atom. The highest BCUT2D eigenvalue weighted by molar-refractivity contribution is 5.96. The minimum absolute atomic E-state index is 0.158. The van der Waals surface area contributed by atoms with Gasteiger partial charge in [0.25, 0.3) is 0 Å². The summed E-state index contributed by atoms with van der Waals surface area (Å²) in [7, 11) is 0. The second kappa shape index (κ2) is 6.07. The van der Waals surface area contributed by atoms with E-state index < -0.39 is 0 Å². The van der Waals surface area contributed by atoms with E-state index in [1.165, 1.54) is 19.3 Å². The van der Waals surface area contributed by atoms with E-state index in [0.717, 1.165) is 12.8 Å². The number of Topliss-reactive ketones (excluding diaryl/α,β-unsaturated/α-hetero) is 1. The Labute approximate surface area is 109 Å². The molecule has 18 heavy (non-hydrogen) atoms. The predicted molar refractivity (Wildman–Crippen MR) is 71.3 cm³/mol. The standard InChI is InChI=1S/C15H22N2O/c1-3-11(2)12-6-4-5-7-13(12)15(18)14-10-16-8-9-17-14/h8-13H,3-7H2,1-2H3. The summed E-state index contributed by atoms with van der Waals surface area (Å²) in [6.07, 6.45) is 10.6. The predicted octanol–water partition coefficient (Wildman–Crippen LogP) is 3.51. The maximum absolute atomic E-state index is 12.5. The van der Waals surface area contributed by atoms with Gasteiger partial charge in [-0.15, -0.1) is 0 Å². The minimum Gasteiger partial charge on any atom is -0.292 e. The first-order chi connectivity index (χ1) is 8.74. The smallest absolute Gasteiger partial charge is 0.186 e. The Hall–Kier alpha value is -1.25. The molecule has 1 saturated carbocycles. The van der Waals surface area contributed by atoms with Crippen LogP contribution in [0.15, 0.2) is 18.6 Å². The highest BCUT2D eigenvalue weighted by Gasteiger charge is 2.34. The highest BCUT2D eigenvalue weighted by Crippen LogP contribution is 2.37. The van der Waals surface area contributed by atoms with Gasteiger partial charge in [0.15, 0.2) is 5.78 Å². The Morgan fingerprint density at radius 1 is 1.39 bits per heavy atom. The Bertz CT molecular complexity index is 391. The van der Waals surface area contributed by atoms with Gasteiger partial charge in [0.1, 0.15) is 5.69 Å². The summed E-state index contributed by atoms with van der Waals surface area (Å²) in [5.74, 6) is 1.51. The van der Waals surface area contributed by atoms with Gasteiger partial charge in [-0.05, 0) is 24.7 Å². The molecule has 0 N–H and O–H groups in total. The third kappa shape index (κ3) is 2.77. The van der Waals surface area contributed by atoms with Crippen molar-refractivity contribution in [3.05, 3.63) is 24.3 Å². The Balaban J connectivity index is 2.16. The van der Waals surface area contributed by atoms with Crippen molar-refractivity contribution < 1.29 is 4.79 Å². The molecular formula is C15H22N2O. The van der Waals surface area contributed by atoms with Crippen LogP contribution in [0.25, 0.3) is 0 Å². The number of rotatable bonds is 4. The molecule has 0 radical (unpaired) electrons. The first kappa shape index (κ1) is 13.2. The summed E-state index contributed by atoms with van der Waals surface area (Å²) in [5.41, 5.74) is 0.540. The molecule has 1 heterocycles. The van der Waals surface area contributed by atoms with Crippen molar-refractivity contribution in [1.82, 2.24) is 9.97 Å². The van der Waals surface area contributed by atoms with E-state index in [-0.39, 0.29) is 11.7 Å². The van der Waals surface area contributed by atoms with Crippen LogP contribution in [0.4, 0.5) is 0 Å². The summed E-state index contributed by atoms with van der Waals surface area (Å²) in [6, 6.07) is 0. The summed E-state index contributed by atoms with van der Waals surface area (Å²) in [4.78, 5) is 20.7. The van der Waals surface area contributed by atoms with Gasteiger partial charge in [-0.2, -0.15) is 0 Å². The van der Waals surface area contributed by atoms with Crippen molar-refractivity contribution in [2.24, 2.45) is 17.8 Å². The second-order valence-electron chi connectivity index (χ2n) is 5.40. The normalized spacial score (nSPS) is 25.7. The molecule has 1 aromatic rings. The van der Waals surface area contributed by atoms with Crippen molar-refractivity contribution >= 4 is 5.78 Å². The molecule has 0 bridgehead atoms. The van der Waals surface area contributed by atoms with Crippen LogP contribution in [-0.2, 0) is 0 Å². The van der Waals surface area contributed by atoms with E-state index >= 15 is 0 Å². The number of hydrogen-bond acceptors (Lipinski definition) is 3. The summed E-state index contributed by atoms with van der Waals surface area (Å²) in [6.45, 7) is 4.48. The van der Waals surface area contributed by atoms with Gasteiger partial charge in [-0.3, -0.25) is 9.78 Å². The molecule has 1 aromatic heterocycles. The van der Waals surface area contributed by atoms with E-state index in [0.29, 0.717) is 17.5 Å². The van der Waals surface area contributed by atoms with Gasteiger partial charge < -0.3 is 0 Å². The van der Waals surface area contributed by atoms with E-state index in [1.807, 2.05) is 0 Å². The molecule has 0 spiro atoms. The number of hydrogen-bond donors (Lipinski definition) is 0. The average Bonchev–Trinajstić information content (AvgIpc) is 2.46. The highest BCUT2D eigenvalue weighted by atomic mass is 16.1. The van der Waals surface area contributed by atoms with Crippen molar-refractivity contribution in [2.75, 3.05) is 0 Å². The van der Waals surface area contributed by atoms with E-state index in [4.69, 9.17) is 0 Å². The van der Waals surface area contributed by atoms with E-state index in [2.05, 4.69) is 23.8 Å². The van der Waals surface area contributed by atoms with Crippen LogP contribution in [0.2, 0.25) is 0 Å². The molecule has 1 aliphatic carbocycles. The number of carbonyl (C=O) groups excluding carboxylic acids is 1. The summed E-state index contributed by atoms with van der Waals surface area (Å²) < 4.78 is 0. The molecule has 0 saturated heterocycles. The molecule has 1 fully saturated rings. The van der Waals surface area contributed by atoms with Crippen LogP contribution < -0.4 is 0 Å². The van der Waals surface area contributed by atoms with E-state index in [9.17, 15) is 4.79 Å². The van der Waals surface area contributed by atoms with Gasteiger partial charge >= 0.3 is 0 Å². The SMILES string of the molecule is CCC(C)C1CCCCC1C(=O)c1cnccn1. The fraction of sp³-hybridized carbons (Fsp3) is 0.667. The van der Waals surface area contributed by atoms with Crippen molar-refractivity contribution in [2.45, 2.75) is 46.0 Å². The number of aromatic nitrogens is 2. The Morgan fingerprint density at radius 3 is 2.83 bits per heavy atom. The lowest BCUT2D eigenvalue weighted by Gasteiger charge is -2.34. The molecule has 3 heteroatoms. The van der Waals surface area contributed by atoms with Crippen LogP contribution >= 0.6 is 0 Å². The molecule has 0 aliphatic heterocycles. The zero-order valence-electron chi connectivity index (χ0n) is 11.3. The third-order valence-corrected chi connectivity index (χ3v) is 4.35. The number of carbonyl (C=O) groups is 1. The molecule has 0 amide bonds. The lowest BCUT2D eigenvalue weighted by atomic mass is 9.70. The monoisotopic (exact) mass is 246 g/mol. The topological polar surface area (TPSA) is 42.9 Å². The zero-order chi connectivity index (χ0) is 13.0. The van der Waals surface area contributed by atoms with E-state index in [1.54, 1.807) is 18.6 Å². The fourth-order valence-electron chi connectivity index (χ4n) is 3.09. The molecule has 98 valence electrons. The van der Waals surface area contributed by atoms with Crippen LogP contribution in [0, 0.1) is 17.8 Å². The zero-order valence-corrected chi connectivity index (χ0v) is 11.3. The minimum atomic E-state index is 0.158. The molecule has 2 rings (SSSR count).